The van der Waals surface area contributed by atoms with Gasteiger partial charge >= 0.3 is 13.5 Å². The van der Waals surface area contributed by atoms with E-state index in [0.717, 1.165) is 5.70 Å². The van der Waals surface area contributed by atoms with Gasteiger partial charge in [0.25, 0.3) is 0 Å². The van der Waals surface area contributed by atoms with Gasteiger partial charge in [-0.05, 0) is 22.3 Å². The third kappa shape index (κ3) is 1.09. The molecule has 2 atom stereocenters. The quantitative estimate of drug-likeness (QED) is 0.546. The molecule has 1 fully saturated rings. The highest BCUT2D eigenvalue weighted by Crippen LogP contribution is 2.33. The molecular formula is C7H8N2O2P+. The van der Waals surface area contributed by atoms with Crippen molar-refractivity contribution in [1.82, 2.24) is 10.6 Å². The van der Waals surface area contributed by atoms with Crippen LogP contribution < -0.4 is 10.6 Å². The van der Waals surface area contributed by atoms with Crippen LogP contribution in [0.2, 0.25) is 0 Å². The van der Waals surface area contributed by atoms with E-state index < -0.39 is 7.95 Å². The molecule has 4 nitrogen and oxygen atoms in total. The lowest BCUT2D eigenvalue weighted by molar-refractivity contribution is -0.114. The number of nitrogens with one attached hydrogen (secondary N) is 2. The summed E-state index contributed by atoms with van der Waals surface area (Å²) in [5.74, 6) is -0.222. The molecule has 5 heteroatoms. The lowest BCUT2D eigenvalue weighted by atomic mass is 9.98. The molecule has 0 aromatic rings. The van der Waals surface area contributed by atoms with Crippen LogP contribution in [0.4, 0.5) is 0 Å². The molecule has 1 aliphatic carbocycles. The van der Waals surface area contributed by atoms with Gasteiger partial charge in [-0.1, -0.05) is 12.2 Å². The van der Waals surface area contributed by atoms with Gasteiger partial charge in [0.1, 0.15) is 5.92 Å². The molecule has 0 saturated carbocycles. The van der Waals surface area contributed by atoms with Crippen LogP contribution in [-0.2, 0) is 9.36 Å². The third-order valence-electron chi connectivity index (χ3n) is 1.96. The maximum absolute atomic E-state index is 11.3. The second kappa shape index (κ2) is 2.81. The molecule has 2 N–H and O–H groups in total. The molecule has 0 bridgehead atoms. The Bertz CT molecular complexity index is 309. The van der Waals surface area contributed by atoms with Crippen molar-refractivity contribution in [2.24, 2.45) is 5.92 Å². The molecule has 1 heterocycles. The van der Waals surface area contributed by atoms with E-state index in [1.54, 1.807) is 0 Å². The first-order chi connectivity index (χ1) is 5.79. The van der Waals surface area contributed by atoms with E-state index in [2.05, 4.69) is 10.6 Å². The summed E-state index contributed by atoms with van der Waals surface area (Å²) in [5, 5.41) is 2.44. The van der Waals surface area contributed by atoms with E-state index in [0.29, 0.717) is 6.42 Å². The summed E-state index contributed by atoms with van der Waals surface area (Å²) in [5.41, 5.74) is 3.36. The Kier molecular flexibility index (Phi) is 1.79. The maximum Gasteiger partial charge on any atom is 0.530 e. The lowest BCUT2D eigenvalue weighted by Gasteiger charge is -2.19. The fourth-order valence-electron chi connectivity index (χ4n) is 1.30. The first kappa shape index (κ1) is 7.65. The fraction of sp³-hybridized carbons (Fsp3) is 0.286. The molecule has 12 heavy (non-hydrogen) atoms. The summed E-state index contributed by atoms with van der Waals surface area (Å²) < 4.78 is 11.0. The second-order valence-corrected chi connectivity index (χ2v) is 3.96. The zero-order valence-corrected chi connectivity index (χ0v) is 7.17. The second-order valence-electron chi connectivity index (χ2n) is 2.71. The summed E-state index contributed by atoms with van der Waals surface area (Å²) >= 11 is 0. The number of hydrazine groups is 1. The molecule has 2 unspecified atom stereocenters. The molecule has 1 aliphatic heterocycles. The highest BCUT2D eigenvalue weighted by Gasteiger charge is 2.43. The minimum atomic E-state index is -1.92. The number of fused-ring (bicyclic) bond motifs is 1. The predicted molar refractivity (Wildman–Crippen MR) is 44.2 cm³/mol. The molecule has 2 aliphatic rings. The van der Waals surface area contributed by atoms with Crippen molar-refractivity contribution in [3.8, 4) is 0 Å². The lowest BCUT2D eigenvalue weighted by Crippen LogP contribution is -2.39. The van der Waals surface area contributed by atoms with Gasteiger partial charge < -0.3 is 0 Å². The highest BCUT2D eigenvalue weighted by atomic mass is 31.1. The first-order valence-electron chi connectivity index (χ1n) is 3.68. The van der Waals surface area contributed by atoms with Crippen LogP contribution in [0.5, 0.6) is 0 Å². The van der Waals surface area contributed by atoms with Crippen molar-refractivity contribution in [1.29, 1.82) is 0 Å². The Morgan fingerprint density at radius 1 is 1.58 bits per heavy atom. The van der Waals surface area contributed by atoms with Gasteiger partial charge in [-0.2, -0.15) is 0 Å². The van der Waals surface area contributed by atoms with Gasteiger partial charge in [-0.3, -0.25) is 5.43 Å². The van der Waals surface area contributed by atoms with E-state index >= 15 is 0 Å². The van der Waals surface area contributed by atoms with E-state index in [-0.39, 0.29) is 11.4 Å². The smallest absolute Gasteiger partial charge is 0.285 e. The third-order valence-corrected chi connectivity index (χ3v) is 2.99. The monoisotopic (exact) mass is 183 g/mol. The van der Waals surface area contributed by atoms with Crippen molar-refractivity contribution in [3.63, 3.8) is 0 Å². The first-order valence-corrected chi connectivity index (χ1v) is 4.94. The van der Waals surface area contributed by atoms with Gasteiger partial charge in [-0.25, -0.2) is 4.79 Å². The van der Waals surface area contributed by atoms with Crippen molar-refractivity contribution in [2.75, 3.05) is 0 Å². The van der Waals surface area contributed by atoms with Crippen LogP contribution in [0.3, 0.4) is 0 Å². The Balaban J connectivity index is 2.30. The topological polar surface area (TPSA) is 58.2 Å². The number of hydrogen-bond donors (Lipinski definition) is 2. The van der Waals surface area contributed by atoms with Gasteiger partial charge in [0.2, 0.25) is 0 Å². The van der Waals surface area contributed by atoms with Crippen LogP contribution in [0.15, 0.2) is 23.9 Å². The molecule has 0 amide bonds. The number of carbonyl (C=O) groups excluding carboxylic acids is 1. The Hall–Kier alpha value is -0.990. The molecule has 0 radical (unpaired) electrons. The summed E-state index contributed by atoms with van der Waals surface area (Å²) in [6, 6.07) is 0. The van der Waals surface area contributed by atoms with Crippen LogP contribution in [0.25, 0.3) is 0 Å². The van der Waals surface area contributed by atoms with E-state index in [1.165, 1.54) is 0 Å². The van der Waals surface area contributed by atoms with Crippen LogP contribution in [0, 0.1) is 5.92 Å². The molecular weight excluding hydrogens is 175 g/mol. The zero-order valence-electron chi connectivity index (χ0n) is 6.28. The normalized spacial score (nSPS) is 30.7. The van der Waals surface area contributed by atoms with Crippen molar-refractivity contribution in [2.45, 2.75) is 6.42 Å². The molecule has 0 aromatic heterocycles. The summed E-state index contributed by atoms with van der Waals surface area (Å²) in [6.07, 6.45) is 6.26. The van der Waals surface area contributed by atoms with Gasteiger partial charge in [0.15, 0.2) is 0 Å². The standard InChI is InChI=1S/C7H7N2O2P/c10-7-5-3-1-2-4-6(5)8-9-12(7)11/h1-2,4-5H,3H2,(H-,8,9,10,11)/p+1. The maximum atomic E-state index is 11.3. The van der Waals surface area contributed by atoms with Crippen molar-refractivity contribution in [3.05, 3.63) is 23.9 Å². The van der Waals surface area contributed by atoms with E-state index in [4.69, 9.17) is 0 Å². The molecule has 0 aromatic carbocycles. The molecule has 62 valence electrons. The number of hydrogen-bond acceptors (Lipinski definition) is 3. The highest BCUT2D eigenvalue weighted by molar-refractivity contribution is 7.61. The van der Waals surface area contributed by atoms with E-state index in [9.17, 15) is 9.36 Å². The van der Waals surface area contributed by atoms with Gasteiger partial charge in [0, 0.05) is 5.70 Å². The zero-order chi connectivity index (χ0) is 8.55. The number of allylic oxidation sites excluding steroid dienone is 4. The Labute approximate surface area is 70.5 Å². The van der Waals surface area contributed by atoms with Crippen LogP contribution in [0.1, 0.15) is 6.42 Å². The fourth-order valence-corrected chi connectivity index (χ4v) is 2.17. The molecule has 2 rings (SSSR count). The van der Waals surface area contributed by atoms with Crippen molar-refractivity contribution >= 4 is 13.5 Å². The van der Waals surface area contributed by atoms with Crippen LogP contribution >= 0.6 is 7.95 Å². The van der Waals surface area contributed by atoms with Crippen LogP contribution in [-0.4, -0.2) is 5.52 Å². The average molecular weight is 183 g/mol. The number of carbonyl (C=O) groups is 1. The Morgan fingerprint density at radius 3 is 3.25 bits per heavy atom. The molecule has 0 spiro atoms. The Morgan fingerprint density at radius 2 is 2.42 bits per heavy atom. The van der Waals surface area contributed by atoms with Gasteiger partial charge in [0.05, 0.1) is 0 Å². The summed E-state index contributed by atoms with van der Waals surface area (Å²) in [7, 11) is -1.92. The minimum absolute atomic E-state index is 0.209. The van der Waals surface area contributed by atoms with Crippen molar-refractivity contribution < 1.29 is 9.36 Å². The molecule has 1 saturated heterocycles. The summed E-state index contributed by atoms with van der Waals surface area (Å²) in [4.78, 5) is 11.3. The largest absolute Gasteiger partial charge is 0.530 e. The minimum Gasteiger partial charge on any atom is -0.285 e. The van der Waals surface area contributed by atoms with E-state index in [1.807, 2.05) is 18.2 Å². The average Bonchev–Trinajstić information content (AvgIpc) is 2.12. The van der Waals surface area contributed by atoms with Gasteiger partial charge in [-0.15, -0.1) is 0 Å². The number of rotatable bonds is 0. The predicted octanol–water partition coefficient (Wildman–Crippen LogP) is 0.823. The SMILES string of the molecule is O=C1C2CC=CC=C2NN[P+]1=O. The summed E-state index contributed by atoms with van der Waals surface area (Å²) in [6.45, 7) is 0.